The van der Waals surface area contributed by atoms with E-state index in [0.717, 1.165) is 22.3 Å². The van der Waals surface area contributed by atoms with Crippen LogP contribution in [-0.4, -0.2) is 62.7 Å². The van der Waals surface area contributed by atoms with Crippen molar-refractivity contribution < 1.29 is 24.3 Å². The molecule has 1 aromatic heterocycles. The maximum absolute atomic E-state index is 13.1. The van der Waals surface area contributed by atoms with Gasteiger partial charge >= 0.3 is 0 Å². The Morgan fingerprint density at radius 2 is 1.76 bits per heavy atom. The molecule has 0 saturated carbocycles. The summed E-state index contributed by atoms with van der Waals surface area (Å²) in [6.45, 7) is 2.81. The number of hydrogen-bond donors (Lipinski definition) is 2. The van der Waals surface area contributed by atoms with Gasteiger partial charge in [-0.3, -0.25) is 34.3 Å². The van der Waals surface area contributed by atoms with Crippen molar-refractivity contribution in [1.29, 1.82) is 0 Å². The molecule has 2 N–H and O–H groups in total. The summed E-state index contributed by atoms with van der Waals surface area (Å²) in [5.74, 6) is -0.360. The van der Waals surface area contributed by atoms with E-state index < -0.39 is 17.6 Å². The summed E-state index contributed by atoms with van der Waals surface area (Å²) in [6.07, 6.45) is 3.28. The lowest BCUT2D eigenvalue weighted by molar-refractivity contribution is -0.136. The molecule has 10 heteroatoms. The molecule has 4 aliphatic heterocycles. The number of aliphatic hydroxyl groups is 1. The zero-order valence-corrected chi connectivity index (χ0v) is 23.1. The minimum atomic E-state index is -1.03. The summed E-state index contributed by atoms with van der Waals surface area (Å²) in [5, 5.41) is 14.0. The summed E-state index contributed by atoms with van der Waals surface area (Å²) in [4.78, 5) is 60.0. The first-order valence-corrected chi connectivity index (χ1v) is 14.4. The van der Waals surface area contributed by atoms with Crippen molar-refractivity contribution in [2.45, 2.75) is 57.0 Å². The molecule has 2 aromatic carbocycles. The Hall–Kier alpha value is -4.41. The molecule has 1 unspecified atom stereocenters. The fourth-order valence-corrected chi connectivity index (χ4v) is 6.72. The van der Waals surface area contributed by atoms with Crippen LogP contribution < -0.4 is 10.2 Å². The van der Waals surface area contributed by atoms with Crippen LogP contribution in [0.15, 0.2) is 60.8 Å². The highest BCUT2D eigenvalue weighted by molar-refractivity contribution is 6.09. The molecule has 214 valence electrons. The predicted octanol–water partition coefficient (Wildman–Crippen LogP) is 2.49. The topological polar surface area (TPSA) is 123 Å². The number of carbonyl (C=O) groups excluding carboxylic acids is 4. The van der Waals surface area contributed by atoms with Crippen molar-refractivity contribution in [2.75, 3.05) is 18.0 Å². The first kappa shape index (κ1) is 26.5. The largest absolute Gasteiger partial charge is 0.385 e. The van der Waals surface area contributed by atoms with Crippen molar-refractivity contribution in [2.24, 2.45) is 0 Å². The molecule has 2 fully saturated rings. The van der Waals surface area contributed by atoms with Gasteiger partial charge in [0.15, 0.2) is 0 Å². The monoisotopic (exact) mass is 565 g/mol. The normalized spacial score (nSPS) is 21.9. The minimum absolute atomic E-state index is 0.0372. The van der Waals surface area contributed by atoms with Crippen LogP contribution in [0.25, 0.3) is 0 Å². The van der Waals surface area contributed by atoms with Gasteiger partial charge in [0.1, 0.15) is 11.9 Å². The number of hydrogen-bond acceptors (Lipinski definition) is 7. The van der Waals surface area contributed by atoms with Crippen LogP contribution in [0.4, 0.5) is 5.82 Å². The van der Waals surface area contributed by atoms with E-state index >= 15 is 0 Å². The van der Waals surface area contributed by atoms with Gasteiger partial charge in [0.05, 0.1) is 12.1 Å². The number of nitrogens with one attached hydrogen (secondary N) is 1. The lowest BCUT2D eigenvalue weighted by Crippen LogP contribution is -2.52. The van der Waals surface area contributed by atoms with Crippen molar-refractivity contribution >= 4 is 29.4 Å². The number of imide groups is 1. The van der Waals surface area contributed by atoms with Gasteiger partial charge < -0.3 is 10.0 Å². The molecule has 0 radical (unpaired) electrons. The molecule has 2 saturated heterocycles. The van der Waals surface area contributed by atoms with Crippen molar-refractivity contribution in [1.82, 2.24) is 20.1 Å². The van der Waals surface area contributed by atoms with Crippen LogP contribution >= 0.6 is 0 Å². The van der Waals surface area contributed by atoms with E-state index in [-0.39, 0.29) is 30.7 Å². The number of aromatic nitrogens is 1. The molecule has 10 nitrogen and oxygen atoms in total. The second-order valence-corrected chi connectivity index (χ2v) is 11.6. The first-order chi connectivity index (χ1) is 20.3. The van der Waals surface area contributed by atoms with E-state index in [1.54, 1.807) is 17.2 Å². The third-order valence-electron chi connectivity index (χ3n) is 9.13. The number of fused-ring (bicyclic) bond motifs is 2. The van der Waals surface area contributed by atoms with E-state index in [2.05, 4.69) is 21.3 Å². The van der Waals surface area contributed by atoms with E-state index in [1.807, 2.05) is 42.5 Å². The highest BCUT2D eigenvalue weighted by Gasteiger charge is 2.41. The van der Waals surface area contributed by atoms with Crippen LogP contribution in [0.2, 0.25) is 0 Å². The first-order valence-electron chi connectivity index (χ1n) is 14.4. The number of pyridine rings is 1. The van der Waals surface area contributed by atoms with Crippen LogP contribution in [0.3, 0.4) is 0 Å². The van der Waals surface area contributed by atoms with Gasteiger partial charge in [-0.1, -0.05) is 30.3 Å². The molecule has 4 aliphatic rings. The lowest BCUT2D eigenvalue weighted by Gasteiger charge is -2.39. The van der Waals surface area contributed by atoms with Crippen molar-refractivity contribution in [3.05, 3.63) is 94.2 Å². The SMILES string of the molecule is O=C1CCC(N2Cc3cc(C4(O)CCN(Cc5cccc6c5CN(c5ccccn5)C6=O)CC4)ccc3C2=O)C(=O)N1. The number of amides is 4. The number of carbonyl (C=O) groups is 4. The van der Waals surface area contributed by atoms with Gasteiger partial charge in [-0.2, -0.15) is 0 Å². The molecule has 3 aromatic rings. The fraction of sp³-hybridized carbons (Fsp3) is 0.344. The molecule has 0 aliphatic carbocycles. The Morgan fingerprint density at radius 1 is 0.929 bits per heavy atom. The van der Waals surface area contributed by atoms with Gasteiger partial charge in [-0.25, -0.2) is 4.98 Å². The number of likely N-dealkylation sites (tertiary alicyclic amines) is 1. The number of rotatable bonds is 5. The Morgan fingerprint density at radius 3 is 2.52 bits per heavy atom. The Bertz CT molecular complexity index is 1610. The molecule has 0 bridgehead atoms. The smallest absolute Gasteiger partial charge is 0.260 e. The zero-order valence-electron chi connectivity index (χ0n) is 23.1. The summed E-state index contributed by atoms with van der Waals surface area (Å²) in [5.41, 5.74) is 3.92. The highest BCUT2D eigenvalue weighted by Crippen LogP contribution is 2.37. The quantitative estimate of drug-likeness (QED) is 0.456. The van der Waals surface area contributed by atoms with Crippen LogP contribution in [0.5, 0.6) is 0 Å². The standard InChI is InChI=1S/C32H31N5O5/c38-28-10-9-26(29(39)34-28)36-18-21-16-22(7-8-23(21)30(36)40)32(42)11-14-35(15-12-32)17-20-4-3-5-24-25(20)19-37(31(24)41)27-6-1-2-13-33-27/h1-8,13,16,26,42H,9-12,14-15,17-19H2,(H,34,38,39). The van der Waals surface area contributed by atoms with Gasteiger partial charge in [-0.15, -0.1) is 0 Å². The second-order valence-electron chi connectivity index (χ2n) is 11.6. The Balaban J connectivity index is 1.03. The van der Waals surface area contributed by atoms with Gasteiger partial charge in [0.25, 0.3) is 11.8 Å². The summed E-state index contributed by atoms with van der Waals surface area (Å²) < 4.78 is 0. The van der Waals surface area contributed by atoms with Crippen LogP contribution in [0, 0.1) is 0 Å². The molecular weight excluding hydrogens is 534 g/mol. The highest BCUT2D eigenvalue weighted by atomic mass is 16.3. The maximum atomic E-state index is 13.1. The van der Waals surface area contributed by atoms with Gasteiger partial charge in [0.2, 0.25) is 11.8 Å². The van der Waals surface area contributed by atoms with Gasteiger partial charge in [-0.05, 0) is 65.8 Å². The maximum Gasteiger partial charge on any atom is 0.260 e. The molecule has 42 heavy (non-hydrogen) atoms. The van der Waals surface area contributed by atoms with E-state index in [4.69, 9.17) is 0 Å². The lowest BCUT2D eigenvalue weighted by atomic mass is 9.83. The second kappa shape index (κ2) is 10.1. The molecule has 1 atom stereocenters. The third kappa shape index (κ3) is 4.47. The Labute approximate surface area is 242 Å². The summed E-state index contributed by atoms with van der Waals surface area (Å²) >= 11 is 0. The van der Waals surface area contributed by atoms with Gasteiger partial charge in [0, 0.05) is 49.9 Å². The Kier molecular flexibility index (Phi) is 6.40. The zero-order chi connectivity index (χ0) is 29.0. The molecular formula is C32H31N5O5. The molecule has 4 amide bonds. The average Bonchev–Trinajstić information content (AvgIpc) is 3.51. The van der Waals surface area contributed by atoms with E-state index in [9.17, 15) is 24.3 Å². The third-order valence-corrected chi connectivity index (χ3v) is 9.13. The van der Waals surface area contributed by atoms with Crippen LogP contribution in [0.1, 0.15) is 68.7 Å². The number of benzene rings is 2. The van der Waals surface area contributed by atoms with E-state index in [1.165, 1.54) is 4.90 Å². The fourth-order valence-electron chi connectivity index (χ4n) is 6.72. The molecule has 5 heterocycles. The molecule has 7 rings (SSSR count). The van der Waals surface area contributed by atoms with Crippen molar-refractivity contribution in [3.63, 3.8) is 0 Å². The predicted molar refractivity (Wildman–Crippen MR) is 152 cm³/mol. The van der Waals surface area contributed by atoms with Crippen LogP contribution in [-0.2, 0) is 34.8 Å². The number of anilines is 1. The number of piperidine rings is 2. The summed E-state index contributed by atoms with van der Waals surface area (Å²) in [7, 11) is 0. The van der Waals surface area contributed by atoms with E-state index in [0.29, 0.717) is 62.4 Å². The minimum Gasteiger partial charge on any atom is -0.385 e. The van der Waals surface area contributed by atoms with Crippen molar-refractivity contribution in [3.8, 4) is 0 Å². The number of nitrogens with zero attached hydrogens (tertiary/aromatic N) is 4. The molecule has 0 spiro atoms. The average molecular weight is 566 g/mol. The summed E-state index contributed by atoms with van der Waals surface area (Å²) in [6, 6.07) is 16.2.